The summed E-state index contributed by atoms with van der Waals surface area (Å²) in [4.78, 5) is 66.6. The minimum atomic E-state index is -0.870. The van der Waals surface area contributed by atoms with E-state index in [1.807, 2.05) is 42.5 Å². The van der Waals surface area contributed by atoms with Crippen molar-refractivity contribution in [3.05, 3.63) is 71.3 Å². The highest BCUT2D eigenvalue weighted by molar-refractivity contribution is 5.88. The van der Waals surface area contributed by atoms with Gasteiger partial charge in [-0.3, -0.25) is 19.2 Å². The van der Waals surface area contributed by atoms with Crippen LogP contribution in [0.5, 0.6) is 0 Å². The Bertz CT molecular complexity index is 1290. The van der Waals surface area contributed by atoms with Gasteiger partial charge < -0.3 is 35.0 Å². The van der Waals surface area contributed by atoms with E-state index >= 15 is 0 Å². The first-order valence-corrected chi connectivity index (χ1v) is 16.6. The maximum Gasteiger partial charge on any atom is 0.334 e. The molecule has 2 aromatic carbocycles. The van der Waals surface area contributed by atoms with Crippen LogP contribution in [0.3, 0.4) is 0 Å². The highest BCUT2D eigenvalue weighted by Gasteiger charge is 2.21. The normalized spacial score (nSPS) is 17.1. The number of nitrogens with one attached hydrogen (secondary N) is 4. The maximum absolute atomic E-state index is 12.9. The van der Waals surface area contributed by atoms with Gasteiger partial charge in [0.15, 0.2) is 0 Å². The highest BCUT2D eigenvalue weighted by atomic mass is 16.7. The minimum absolute atomic E-state index is 0.0530. The van der Waals surface area contributed by atoms with Crippen molar-refractivity contribution in [3.63, 3.8) is 0 Å². The zero-order valence-corrected chi connectivity index (χ0v) is 27.5. The van der Waals surface area contributed by atoms with Crippen molar-refractivity contribution in [3.8, 4) is 0 Å². The summed E-state index contributed by atoms with van der Waals surface area (Å²) in [7, 11) is 0. The highest BCUT2D eigenvalue weighted by Crippen LogP contribution is 2.12. The standard InChI is InChI=1S/C35H48N4O9/c40-31(24-29-14-8-13-28(23-29)12-5-4-11-27-9-2-1-3-10-27)39-48-34(43)16-18-37-35(44)30-15-6-7-17-36-32(41)25-46-21-19-45-20-22-47-26-33(42)38-30/h1-3,8-10,13-14,23,30H,4-7,11-12,15-22,24-26H2,(H,36,41)(H,37,44)(H,38,42)(H,39,40)/t30-/m0/s1. The number of ether oxygens (including phenoxy) is 3. The molecule has 0 bridgehead atoms. The van der Waals surface area contributed by atoms with Gasteiger partial charge in [-0.05, 0) is 61.6 Å². The Morgan fingerprint density at radius 3 is 2.23 bits per heavy atom. The molecule has 1 aliphatic heterocycles. The molecule has 1 saturated heterocycles. The number of aryl methyl sites for hydroxylation is 2. The summed E-state index contributed by atoms with van der Waals surface area (Å²) in [6.45, 7) is 0.983. The fraction of sp³-hybridized carbons (Fsp3) is 0.514. The van der Waals surface area contributed by atoms with Crippen LogP contribution in [-0.4, -0.2) is 88.4 Å². The molecule has 0 spiro atoms. The third kappa shape index (κ3) is 17.0. The van der Waals surface area contributed by atoms with Crippen molar-refractivity contribution in [1.29, 1.82) is 0 Å². The quantitative estimate of drug-likeness (QED) is 0.206. The van der Waals surface area contributed by atoms with Crippen LogP contribution in [-0.2, 0) is 62.3 Å². The topological polar surface area (TPSA) is 170 Å². The molecule has 0 aliphatic carbocycles. The van der Waals surface area contributed by atoms with Crippen LogP contribution in [0.15, 0.2) is 54.6 Å². The van der Waals surface area contributed by atoms with Crippen LogP contribution in [0.2, 0.25) is 0 Å². The third-order valence-corrected chi connectivity index (χ3v) is 7.39. The molecular weight excluding hydrogens is 620 g/mol. The summed E-state index contributed by atoms with van der Waals surface area (Å²) in [6.07, 6.45) is 5.33. The number of carbonyl (C=O) groups excluding carboxylic acids is 5. The van der Waals surface area contributed by atoms with Crippen molar-refractivity contribution in [2.75, 3.05) is 52.7 Å². The Morgan fingerprint density at radius 1 is 0.792 bits per heavy atom. The Labute approximate surface area is 281 Å². The lowest BCUT2D eigenvalue weighted by atomic mass is 10.0. The molecule has 13 heteroatoms. The van der Waals surface area contributed by atoms with Crippen molar-refractivity contribution in [1.82, 2.24) is 21.4 Å². The summed E-state index contributed by atoms with van der Waals surface area (Å²) >= 11 is 0. The molecule has 1 aliphatic rings. The summed E-state index contributed by atoms with van der Waals surface area (Å²) in [5, 5.41) is 8.03. The van der Waals surface area contributed by atoms with Crippen molar-refractivity contribution in [2.45, 2.75) is 63.8 Å². The molecule has 1 atom stereocenters. The number of hydrogen-bond donors (Lipinski definition) is 4. The first kappa shape index (κ1) is 38.1. The molecular formula is C35H48N4O9. The molecule has 1 fully saturated rings. The fourth-order valence-electron chi connectivity index (χ4n) is 4.92. The minimum Gasteiger partial charge on any atom is -0.377 e. The van der Waals surface area contributed by atoms with Crippen LogP contribution >= 0.6 is 0 Å². The van der Waals surface area contributed by atoms with Gasteiger partial charge in [0.2, 0.25) is 17.7 Å². The molecule has 262 valence electrons. The van der Waals surface area contributed by atoms with Gasteiger partial charge in [-0.1, -0.05) is 54.6 Å². The van der Waals surface area contributed by atoms with Crippen molar-refractivity contribution < 1.29 is 43.0 Å². The number of amides is 4. The van der Waals surface area contributed by atoms with Crippen molar-refractivity contribution >= 4 is 29.6 Å². The van der Waals surface area contributed by atoms with Gasteiger partial charge in [-0.25, -0.2) is 4.79 Å². The van der Waals surface area contributed by atoms with Gasteiger partial charge in [0.25, 0.3) is 5.91 Å². The van der Waals surface area contributed by atoms with Gasteiger partial charge in [0.05, 0.1) is 39.3 Å². The molecule has 3 rings (SSSR count). The molecule has 0 radical (unpaired) electrons. The molecule has 0 saturated carbocycles. The van der Waals surface area contributed by atoms with E-state index in [-0.39, 0.29) is 64.9 Å². The molecule has 0 unspecified atom stereocenters. The van der Waals surface area contributed by atoms with E-state index in [2.05, 4.69) is 33.6 Å². The van der Waals surface area contributed by atoms with Crippen LogP contribution in [0.25, 0.3) is 0 Å². The number of carbonyl (C=O) groups is 5. The number of rotatable bonds is 11. The average Bonchev–Trinajstić information content (AvgIpc) is 3.08. The average molecular weight is 669 g/mol. The summed E-state index contributed by atoms with van der Waals surface area (Å²) in [5.74, 6) is -2.38. The van der Waals surface area contributed by atoms with Crippen LogP contribution < -0.4 is 21.4 Å². The molecule has 1 heterocycles. The Hall–Kier alpha value is -4.33. The molecule has 4 N–H and O–H groups in total. The van der Waals surface area contributed by atoms with Gasteiger partial charge in [-0.15, -0.1) is 0 Å². The van der Waals surface area contributed by atoms with Gasteiger partial charge in [-0.2, -0.15) is 5.48 Å². The first-order valence-electron chi connectivity index (χ1n) is 16.6. The largest absolute Gasteiger partial charge is 0.377 e. The lowest BCUT2D eigenvalue weighted by molar-refractivity contribution is -0.158. The number of benzene rings is 2. The maximum atomic E-state index is 12.9. The Kier molecular flexibility index (Phi) is 18.3. The lowest BCUT2D eigenvalue weighted by Gasteiger charge is -2.19. The van der Waals surface area contributed by atoms with Gasteiger partial charge >= 0.3 is 5.97 Å². The third-order valence-electron chi connectivity index (χ3n) is 7.39. The number of hydrogen-bond acceptors (Lipinski definition) is 9. The molecule has 0 aromatic heterocycles. The van der Waals surface area contributed by atoms with Crippen LogP contribution in [0.4, 0.5) is 0 Å². The van der Waals surface area contributed by atoms with Crippen LogP contribution in [0, 0.1) is 0 Å². The zero-order valence-electron chi connectivity index (χ0n) is 27.5. The fourth-order valence-corrected chi connectivity index (χ4v) is 4.92. The lowest BCUT2D eigenvalue weighted by Crippen LogP contribution is -2.48. The summed E-state index contributed by atoms with van der Waals surface area (Å²) < 4.78 is 15.9. The zero-order chi connectivity index (χ0) is 34.2. The molecule has 48 heavy (non-hydrogen) atoms. The SMILES string of the molecule is O=C1COCCOCCOCC(=O)N[C@H](C(=O)NCCC(=O)ONC(=O)Cc2cccc(CCCCc3ccccc3)c2)CCCCN1. The molecule has 2 aromatic rings. The van der Waals surface area contributed by atoms with E-state index in [0.29, 0.717) is 25.8 Å². The second-order valence-corrected chi connectivity index (χ2v) is 11.4. The van der Waals surface area contributed by atoms with E-state index in [1.165, 1.54) is 5.56 Å². The van der Waals surface area contributed by atoms with Gasteiger partial charge in [0.1, 0.15) is 19.3 Å². The Balaban J connectivity index is 1.34. The second kappa shape index (κ2) is 23.1. The summed E-state index contributed by atoms with van der Waals surface area (Å²) in [6, 6.07) is 17.3. The van der Waals surface area contributed by atoms with E-state index in [0.717, 1.165) is 36.8 Å². The van der Waals surface area contributed by atoms with E-state index in [9.17, 15) is 24.0 Å². The number of unbranched alkanes of at least 4 members (excludes halogenated alkanes) is 1. The smallest absolute Gasteiger partial charge is 0.334 e. The Morgan fingerprint density at radius 2 is 1.46 bits per heavy atom. The molecule has 13 nitrogen and oxygen atoms in total. The van der Waals surface area contributed by atoms with E-state index in [4.69, 9.17) is 19.0 Å². The predicted molar refractivity (Wildman–Crippen MR) is 176 cm³/mol. The molecule has 4 amide bonds. The summed E-state index contributed by atoms with van der Waals surface area (Å²) in [5.41, 5.74) is 5.46. The van der Waals surface area contributed by atoms with E-state index in [1.54, 1.807) is 0 Å². The number of hydroxylamine groups is 1. The monoisotopic (exact) mass is 668 g/mol. The first-order chi connectivity index (χ1) is 23.4. The van der Waals surface area contributed by atoms with Crippen LogP contribution in [0.1, 0.15) is 55.2 Å². The van der Waals surface area contributed by atoms with E-state index < -0.39 is 29.7 Å². The van der Waals surface area contributed by atoms with Gasteiger partial charge in [0, 0.05) is 13.1 Å². The predicted octanol–water partition coefficient (Wildman–Crippen LogP) is 1.71. The van der Waals surface area contributed by atoms with Crippen molar-refractivity contribution in [2.24, 2.45) is 0 Å². The second-order valence-electron chi connectivity index (χ2n) is 11.4.